The zero-order chi connectivity index (χ0) is 8.72. The van der Waals surface area contributed by atoms with Gasteiger partial charge in [0.05, 0.1) is 6.61 Å². The number of nitrogens with zero attached hydrogens (tertiary/aromatic N) is 1. The van der Waals surface area contributed by atoms with Crippen LogP contribution in [0.15, 0.2) is 0 Å². The Labute approximate surface area is 74.6 Å². The van der Waals surface area contributed by atoms with Crippen molar-refractivity contribution >= 4 is 0 Å². The molecule has 0 aromatic heterocycles. The molecule has 2 nitrogen and oxygen atoms in total. The van der Waals surface area contributed by atoms with Gasteiger partial charge in [-0.25, -0.2) is 0 Å². The third-order valence-corrected chi connectivity index (χ3v) is 3.58. The molecule has 1 saturated heterocycles. The van der Waals surface area contributed by atoms with Crippen LogP contribution in [-0.2, 0) is 0 Å². The SMILES string of the molecule is CC(C)N1C2CCC(C2)C1CO. The van der Waals surface area contributed by atoms with E-state index in [9.17, 15) is 5.11 Å². The monoisotopic (exact) mass is 169 g/mol. The van der Waals surface area contributed by atoms with E-state index < -0.39 is 0 Å². The fourth-order valence-electron chi connectivity index (χ4n) is 3.17. The Morgan fingerprint density at radius 2 is 2.17 bits per heavy atom. The number of aliphatic hydroxyl groups excluding tert-OH is 1. The molecular weight excluding hydrogens is 150 g/mol. The molecule has 0 aromatic carbocycles. The Bertz CT molecular complexity index is 169. The minimum Gasteiger partial charge on any atom is -0.395 e. The maximum Gasteiger partial charge on any atom is 0.0589 e. The molecule has 0 amide bonds. The van der Waals surface area contributed by atoms with Gasteiger partial charge in [-0.15, -0.1) is 0 Å². The maximum atomic E-state index is 9.27. The van der Waals surface area contributed by atoms with Gasteiger partial charge in [0.25, 0.3) is 0 Å². The summed E-state index contributed by atoms with van der Waals surface area (Å²) in [5.74, 6) is 0.794. The maximum absolute atomic E-state index is 9.27. The summed E-state index contributed by atoms with van der Waals surface area (Å²) in [4.78, 5) is 2.52. The van der Waals surface area contributed by atoms with E-state index in [1.807, 2.05) is 0 Å². The number of piperidine rings is 1. The topological polar surface area (TPSA) is 23.5 Å². The summed E-state index contributed by atoms with van der Waals surface area (Å²) in [6.45, 7) is 4.84. The number of aliphatic hydroxyl groups is 1. The predicted molar refractivity (Wildman–Crippen MR) is 49.0 cm³/mol. The van der Waals surface area contributed by atoms with Gasteiger partial charge in [-0.3, -0.25) is 4.90 Å². The third-order valence-electron chi connectivity index (χ3n) is 3.58. The second-order valence-corrected chi connectivity index (χ2v) is 4.52. The van der Waals surface area contributed by atoms with E-state index in [1.165, 1.54) is 19.3 Å². The summed E-state index contributed by atoms with van der Waals surface area (Å²) in [6.07, 6.45) is 4.04. The molecule has 1 saturated carbocycles. The molecule has 70 valence electrons. The Morgan fingerprint density at radius 1 is 1.42 bits per heavy atom. The highest BCUT2D eigenvalue weighted by Gasteiger charge is 2.45. The lowest BCUT2D eigenvalue weighted by molar-refractivity contribution is 0.0591. The minimum absolute atomic E-state index is 0.360. The largest absolute Gasteiger partial charge is 0.395 e. The highest BCUT2D eigenvalue weighted by Crippen LogP contribution is 2.43. The molecule has 1 aliphatic carbocycles. The summed E-state index contributed by atoms with van der Waals surface area (Å²) in [5.41, 5.74) is 0. The zero-order valence-corrected chi connectivity index (χ0v) is 8.03. The first kappa shape index (κ1) is 8.52. The molecule has 2 heteroatoms. The first-order chi connectivity index (χ1) is 5.74. The molecule has 12 heavy (non-hydrogen) atoms. The average Bonchev–Trinajstić information content (AvgIpc) is 2.60. The second-order valence-electron chi connectivity index (χ2n) is 4.52. The van der Waals surface area contributed by atoms with Crippen molar-refractivity contribution in [3.8, 4) is 0 Å². The predicted octanol–water partition coefficient (Wildman–Crippen LogP) is 1.24. The van der Waals surface area contributed by atoms with Crippen LogP contribution in [0.2, 0.25) is 0 Å². The first-order valence-corrected chi connectivity index (χ1v) is 5.12. The van der Waals surface area contributed by atoms with Crippen LogP contribution in [0.25, 0.3) is 0 Å². The summed E-state index contributed by atoms with van der Waals surface area (Å²) in [5, 5.41) is 9.27. The van der Waals surface area contributed by atoms with Crippen LogP contribution in [0.3, 0.4) is 0 Å². The summed E-state index contributed by atoms with van der Waals surface area (Å²) in [6, 6.07) is 1.87. The van der Waals surface area contributed by atoms with E-state index in [2.05, 4.69) is 18.7 Å². The molecule has 3 unspecified atom stereocenters. The molecule has 2 rings (SSSR count). The van der Waals surface area contributed by atoms with Crippen molar-refractivity contribution in [2.45, 2.75) is 51.2 Å². The van der Waals surface area contributed by atoms with Gasteiger partial charge in [0, 0.05) is 18.1 Å². The molecule has 0 aromatic rings. The molecule has 2 aliphatic rings. The van der Waals surface area contributed by atoms with Crippen LogP contribution in [-0.4, -0.2) is 34.7 Å². The number of fused-ring (bicyclic) bond motifs is 2. The van der Waals surface area contributed by atoms with Gasteiger partial charge < -0.3 is 5.11 Å². The average molecular weight is 169 g/mol. The van der Waals surface area contributed by atoms with Gasteiger partial charge in [0.2, 0.25) is 0 Å². The van der Waals surface area contributed by atoms with Crippen LogP contribution >= 0.6 is 0 Å². The van der Waals surface area contributed by atoms with E-state index in [4.69, 9.17) is 0 Å². The molecule has 1 N–H and O–H groups in total. The van der Waals surface area contributed by atoms with E-state index in [-0.39, 0.29) is 0 Å². The standard InChI is InChI=1S/C10H19NO/c1-7(2)11-9-4-3-8(5-9)10(11)6-12/h7-10,12H,3-6H2,1-2H3. The minimum atomic E-state index is 0.360. The normalized spacial score (nSPS) is 41.5. The highest BCUT2D eigenvalue weighted by molar-refractivity contribution is 5.00. The van der Waals surface area contributed by atoms with E-state index in [1.54, 1.807) is 0 Å². The van der Waals surface area contributed by atoms with E-state index in [0.29, 0.717) is 18.7 Å². The smallest absolute Gasteiger partial charge is 0.0589 e. The van der Waals surface area contributed by atoms with Crippen molar-refractivity contribution in [2.75, 3.05) is 6.61 Å². The van der Waals surface area contributed by atoms with Crippen LogP contribution in [0.5, 0.6) is 0 Å². The number of likely N-dealkylation sites (tertiary alicyclic amines) is 1. The first-order valence-electron chi connectivity index (χ1n) is 5.12. The summed E-state index contributed by atoms with van der Waals surface area (Å²) < 4.78 is 0. The van der Waals surface area contributed by atoms with Crippen LogP contribution < -0.4 is 0 Å². The Balaban J connectivity index is 2.11. The molecule has 1 aliphatic heterocycles. The lowest BCUT2D eigenvalue weighted by Gasteiger charge is -2.37. The van der Waals surface area contributed by atoms with Gasteiger partial charge in [-0.2, -0.15) is 0 Å². The van der Waals surface area contributed by atoms with Crippen molar-refractivity contribution in [3.05, 3.63) is 0 Å². The van der Waals surface area contributed by atoms with Crippen LogP contribution in [0.4, 0.5) is 0 Å². The fraction of sp³-hybridized carbons (Fsp3) is 1.00. The number of hydrogen-bond donors (Lipinski definition) is 1. The third kappa shape index (κ3) is 1.09. The van der Waals surface area contributed by atoms with Crippen molar-refractivity contribution in [1.82, 2.24) is 4.90 Å². The van der Waals surface area contributed by atoms with Gasteiger partial charge >= 0.3 is 0 Å². The lowest BCUT2D eigenvalue weighted by atomic mass is 9.98. The van der Waals surface area contributed by atoms with Crippen molar-refractivity contribution in [1.29, 1.82) is 0 Å². The Morgan fingerprint density at radius 3 is 2.67 bits per heavy atom. The zero-order valence-electron chi connectivity index (χ0n) is 8.03. The summed E-state index contributed by atoms with van der Waals surface area (Å²) in [7, 11) is 0. The van der Waals surface area contributed by atoms with Gasteiger partial charge in [-0.05, 0) is 39.0 Å². The Hall–Kier alpha value is -0.0800. The number of hydrogen-bond acceptors (Lipinski definition) is 2. The van der Waals surface area contributed by atoms with Gasteiger partial charge in [0.1, 0.15) is 0 Å². The highest BCUT2D eigenvalue weighted by atomic mass is 16.3. The van der Waals surface area contributed by atoms with E-state index >= 15 is 0 Å². The molecule has 2 bridgehead atoms. The quantitative estimate of drug-likeness (QED) is 0.672. The number of rotatable bonds is 2. The van der Waals surface area contributed by atoms with Gasteiger partial charge in [-0.1, -0.05) is 0 Å². The fourth-order valence-corrected chi connectivity index (χ4v) is 3.17. The molecular formula is C10H19NO. The van der Waals surface area contributed by atoms with Crippen molar-refractivity contribution < 1.29 is 5.11 Å². The lowest BCUT2D eigenvalue weighted by Crippen LogP contribution is -2.46. The second kappa shape index (κ2) is 3.00. The molecule has 2 fully saturated rings. The van der Waals surface area contributed by atoms with Crippen molar-refractivity contribution in [2.24, 2.45) is 5.92 Å². The summed E-state index contributed by atoms with van der Waals surface area (Å²) >= 11 is 0. The molecule has 0 radical (unpaired) electrons. The van der Waals surface area contributed by atoms with E-state index in [0.717, 1.165) is 12.0 Å². The van der Waals surface area contributed by atoms with Crippen LogP contribution in [0, 0.1) is 5.92 Å². The van der Waals surface area contributed by atoms with Gasteiger partial charge in [0.15, 0.2) is 0 Å². The van der Waals surface area contributed by atoms with Crippen LogP contribution in [0.1, 0.15) is 33.1 Å². The Kier molecular flexibility index (Phi) is 2.13. The molecule has 3 atom stereocenters. The van der Waals surface area contributed by atoms with Crippen molar-refractivity contribution in [3.63, 3.8) is 0 Å². The molecule has 0 spiro atoms. The molecule has 1 heterocycles.